The third-order valence-corrected chi connectivity index (χ3v) is 6.53. The minimum absolute atomic E-state index is 0.00420. The van der Waals surface area contributed by atoms with E-state index in [0.29, 0.717) is 38.3 Å². The van der Waals surface area contributed by atoms with Crippen molar-refractivity contribution in [3.05, 3.63) is 45.2 Å². The molecule has 164 valence electrons. The number of nitrogens with one attached hydrogen (secondary N) is 1. The van der Waals surface area contributed by atoms with Gasteiger partial charge in [0.15, 0.2) is 0 Å². The van der Waals surface area contributed by atoms with Crippen molar-refractivity contribution < 1.29 is 18.0 Å². The SMILES string of the molecule is CN(C)[C@H](CNC(=O)C1CCN(c2ncc(C(F)(F)F)cc2Cl)CC1)c1cccs1. The predicted molar refractivity (Wildman–Crippen MR) is 113 cm³/mol. The Morgan fingerprint density at radius 3 is 2.63 bits per heavy atom. The van der Waals surface area contributed by atoms with E-state index in [2.05, 4.69) is 21.3 Å². The van der Waals surface area contributed by atoms with Gasteiger partial charge in [0.1, 0.15) is 5.82 Å². The number of alkyl halides is 3. The molecule has 30 heavy (non-hydrogen) atoms. The van der Waals surface area contributed by atoms with Crippen LogP contribution in [0, 0.1) is 5.92 Å². The molecular formula is C20H24ClF3N4OS. The number of hydrogen-bond acceptors (Lipinski definition) is 5. The number of anilines is 1. The Labute approximate surface area is 182 Å². The van der Waals surface area contributed by atoms with Gasteiger partial charge in [-0.25, -0.2) is 4.98 Å². The monoisotopic (exact) mass is 460 g/mol. The van der Waals surface area contributed by atoms with Crippen LogP contribution in [0.15, 0.2) is 29.8 Å². The Bertz CT molecular complexity index is 852. The molecule has 2 aromatic heterocycles. The first kappa shape index (κ1) is 22.8. The topological polar surface area (TPSA) is 48.5 Å². The van der Waals surface area contributed by atoms with Gasteiger partial charge in [-0.2, -0.15) is 13.2 Å². The van der Waals surface area contributed by atoms with Gasteiger partial charge in [-0.05, 0) is 44.4 Å². The lowest BCUT2D eigenvalue weighted by Gasteiger charge is -2.33. The van der Waals surface area contributed by atoms with Gasteiger partial charge in [0.2, 0.25) is 5.91 Å². The van der Waals surface area contributed by atoms with Crippen molar-refractivity contribution in [1.29, 1.82) is 0 Å². The predicted octanol–water partition coefficient (Wildman–Crippen LogP) is 4.45. The van der Waals surface area contributed by atoms with Crippen LogP contribution in [0.5, 0.6) is 0 Å². The number of likely N-dealkylation sites (N-methyl/N-ethyl adjacent to an activating group) is 1. The Balaban J connectivity index is 1.54. The highest BCUT2D eigenvalue weighted by Crippen LogP contribution is 2.34. The first-order valence-electron chi connectivity index (χ1n) is 9.62. The number of rotatable bonds is 6. The Kier molecular flexibility index (Phi) is 7.26. The molecule has 0 aromatic carbocycles. The zero-order valence-corrected chi connectivity index (χ0v) is 18.3. The quantitative estimate of drug-likeness (QED) is 0.692. The van der Waals surface area contributed by atoms with Crippen LogP contribution in [0.1, 0.15) is 29.3 Å². The number of carbonyl (C=O) groups excluding carboxylic acids is 1. The lowest BCUT2D eigenvalue weighted by molar-refractivity contribution is -0.137. The maximum atomic E-state index is 12.8. The lowest BCUT2D eigenvalue weighted by Crippen LogP contribution is -2.43. The summed E-state index contributed by atoms with van der Waals surface area (Å²) >= 11 is 7.70. The molecule has 1 atom stereocenters. The fourth-order valence-corrected chi connectivity index (χ4v) is 4.74. The largest absolute Gasteiger partial charge is 0.417 e. The summed E-state index contributed by atoms with van der Waals surface area (Å²) < 4.78 is 38.4. The molecule has 0 aliphatic carbocycles. The van der Waals surface area contributed by atoms with E-state index >= 15 is 0 Å². The van der Waals surface area contributed by atoms with Gasteiger partial charge < -0.3 is 15.1 Å². The van der Waals surface area contributed by atoms with Crippen molar-refractivity contribution in [2.24, 2.45) is 5.92 Å². The van der Waals surface area contributed by atoms with E-state index in [1.54, 1.807) is 11.3 Å². The summed E-state index contributed by atoms with van der Waals surface area (Å²) in [7, 11) is 3.96. The number of piperidine rings is 1. The molecule has 0 bridgehead atoms. The fourth-order valence-electron chi connectivity index (χ4n) is 3.53. The maximum absolute atomic E-state index is 12.8. The van der Waals surface area contributed by atoms with E-state index < -0.39 is 11.7 Å². The molecule has 3 heterocycles. The van der Waals surface area contributed by atoms with Crippen molar-refractivity contribution in [3.8, 4) is 0 Å². The number of thiophene rings is 1. The van der Waals surface area contributed by atoms with Gasteiger partial charge in [-0.3, -0.25) is 4.79 Å². The molecule has 0 spiro atoms. The Morgan fingerprint density at radius 2 is 2.10 bits per heavy atom. The number of amides is 1. The highest BCUT2D eigenvalue weighted by Gasteiger charge is 2.33. The molecule has 2 aromatic rings. The van der Waals surface area contributed by atoms with Crippen LogP contribution < -0.4 is 10.2 Å². The van der Waals surface area contributed by atoms with Gasteiger partial charge in [0, 0.05) is 36.6 Å². The van der Waals surface area contributed by atoms with E-state index in [1.807, 2.05) is 30.4 Å². The molecule has 0 radical (unpaired) electrons. The van der Waals surface area contributed by atoms with Crippen molar-refractivity contribution in [2.45, 2.75) is 25.1 Å². The first-order chi connectivity index (χ1) is 14.2. The zero-order chi connectivity index (χ0) is 21.9. The second-order valence-electron chi connectivity index (χ2n) is 7.53. The summed E-state index contributed by atoms with van der Waals surface area (Å²) in [5, 5.41) is 5.04. The van der Waals surface area contributed by atoms with E-state index in [4.69, 9.17) is 11.6 Å². The van der Waals surface area contributed by atoms with Gasteiger partial charge in [-0.15, -0.1) is 11.3 Å². The van der Waals surface area contributed by atoms with E-state index in [9.17, 15) is 18.0 Å². The van der Waals surface area contributed by atoms with Crippen LogP contribution in [-0.2, 0) is 11.0 Å². The molecule has 1 aliphatic heterocycles. The summed E-state index contributed by atoms with van der Waals surface area (Å²) in [5.74, 6) is 0.194. The van der Waals surface area contributed by atoms with E-state index in [1.165, 1.54) is 4.88 Å². The van der Waals surface area contributed by atoms with Crippen LogP contribution in [0.2, 0.25) is 5.02 Å². The summed E-state index contributed by atoms with van der Waals surface area (Å²) in [6, 6.07) is 5.06. The molecule has 5 nitrogen and oxygen atoms in total. The number of hydrogen-bond donors (Lipinski definition) is 1. The molecule has 0 saturated carbocycles. The van der Waals surface area contributed by atoms with Crippen LogP contribution in [0.4, 0.5) is 19.0 Å². The molecule has 1 amide bonds. The third-order valence-electron chi connectivity index (χ3n) is 5.28. The normalized spacial score (nSPS) is 16.7. The molecule has 3 rings (SSSR count). The first-order valence-corrected chi connectivity index (χ1v) is 10.9. The summed E-state index contributed by atoms with van der Waals surface area (Å²) in [6.45, 7) is 1.55. The van der Waals surface area contributed by atoms with Crippen molar-refractivity contribution in [1.82, 2.24) is 15.2 Å². The summed E-state index contributed by atoms with van der Waals surface area (Å²) in [4.78, 5) is 21.7. The van der Waals surface area contributed by atoms with Crippen molar-refractivity contribution >= 4 is 34.7 Å². The van der Waals surface area contributed by atoms with Crippen LogP contribution in [-0.4, -0.2) is 49.5 Å². The molecule has 1 aliphatic rings. The number of halogens is 4. The number of aromatic nitrogens is 1. The van der Waals surface area contributed by atoms with Gasteiger partial charge in [0.05, 0.1) is 16.6 Å². The van der Waals surface area contributed by atoms with Gasteiger partial charge >= 0.3 is 6.18 Å². The third kappa shape index (κ3) is 5.44. The zero-order valence-electron chi connectivity index (χ0n) is 16.7. The second-order valence-corrected chi connectivity index (χ2v) is 8.91. The molecule has 1 saturated heterocycles. The highest BCUT2D eigenvalue weighted by atomic mass is 35.5. The minimum atomic E-state index is -4.48. The van der Waals surface area contributed by atoms with Crippen LogP contribution in [0.3, 0.4) is 0 Å². The molecule has 1 fully saturated rings. The van der Waals surface area contributed by atoms with Gasteiger partial charge in [-0.1, -0.05) is 17.7 Å². The van der Waals surface area contributed by atoms with Crippen molar-refractivity contribution in [3.63, 3.8) is 0 Å². The maximum Gasteiger partial charge on any atom is 0.417 e. The van der Waals surface area contributed by atoms with Crippen LogP contribution in [0.25, 0.3) is 0 Å². The summed E-state index contributed by atoms with van der Waals surface area (Å²) in [6.07, 6.45) is -2.49. The van der Waals surface area contributed by atoms with E-state index in [0.717, 1.165) is 12.3 Å². The number of pyridine rings is 1. The Hall–Kier alpha value is -1.84. The Morgan fingerprint density at radius 1 is 1.40 bits per heavy atom. The standard InChI is InChI=1S/C20H24ClF3N4OS/c1-27(2)16(17-4-3-9-30-17)12-26-19(29)13-5-7-28(8-6-13)18-15(21)10-14(11-25-18)20(22,23)24/h3-4,9-11,13,16H,5-8,12H2,1-2H3,(H,26,29)/t16-/m1/s1. The lowest BCUT2D eigenvalue weighted by atomic mass is 9.95. The smallest absolute Gasteiger partial charge is 0.355 e. The fraction of sp³-hybridized carbons (Fsp3) is 0.500. The van der Waals surface area contributed by atoms with E-state index in [-0.39, 0.29) is 22.9 Å². The number of carbonyl (C=O) groups is 1. The average Bonchev–Trinajstić information content (AvgIpc) is 3.21. The minimum Gasteiger partial charge on any atom is -0.355 e. The molecule has 1 N–H and O–H groups in total. The average molecular weight is 461 g/mol. The molecule has 0 unspecified atom stereocenters. The highest BCUT2D eigenvalue weighted by molar-refractivity contribution is 7.10. The second kappa shape index (κ2) is 9.53. The van der Waals surface area contributed by atoms with Crippen LogP contribution >= 0.6 is 22.9 Å². The molecule has 10 heteroatoms. The summed E-state index contributed by atoms with van der Waals surface area (Å²) in [5.41, 5.74) is -0.869. The number of nitrogens with zero attached hydrogens (tertiary/aromatic N) is 3. The molecular weight excluding hydrogens is 437 g/mol. The van der Waals surface area contributed by atoms with Gasteiger partial charge in [0.25, 0.3) is 0 Å². The van der Waals surface area contributed by atoms with Crippen molar-refractivity contribution in [2.75, 3.05) is 38.6 Å².